The van der Waals surface area contributed by atoms with Crippen LogP contribution < -0.4 is 11.3 Å². The summed E-state index contributed by atoms with van der Waals surface area (Å²) in [6.45, 7) is 4.47. The summed E-state index contributed by atoms with van der Waals surface area (Å²) in [6.07, 6.45) is 3.11. The summed E-state index contributed by atoms with van der Waals surface area (Å²) in [6, 6.07) is 5.24. The molecule has 24 heavy (non-hydrogen) atoms. The van der Waals surface area contributed by atoms with Crippen molar-refractivity contribution in [1.29, 1.82) is 0 Å². The predicted molar refractivity (Wildman–Crippen MR) is 90.4 cm³/mol. The highest BCUT2D eigenvalue weighted by molar-refractivity contribution is 5.76. The number of aromatic nitrogens is 2. The molecule has 0 bridgehead atoms. The molecular formula is C17H22N4O3. The Morgan fingerprint density at radius 2 is 2.21 bits per heavy atom. The van der Waals surface area contributed by atoms with Crippen molar-refractivity contribution in [3.63, 3.8) is 0 Å². The maximum atomic E-state index is 12.6. The maximum absolute atomic E-state index is 12.6. The van der Waals surface area contributed by atoms with E-state index in [9.17, 15) is 9.59 Å². The van der Waals surface area contributed by atoms with Crippen molar-refractivity contribution in [3.05, 3.63) is 34.3 Å². The number of carbonyl (C=O) groups is 1. The molecule has 2 N–H and O–H groups in total. The molecule has 3 rings (SSSR count). The molecule has 1 fully saturated rings. The number of aryl methyl sites for hydroxylation is 1. The first kappa shape index (κ1) is 16.3. The average Bonchev–Trinajstić information content (AvgIpc) is 2.98. The zero-order valence-corrected chi connectivity index (χ0v) is 14.0. The van der Waals surface area contributed by atoms with Crippen LogP contribution in [0.25, 0.3) is 11.5 Å². The maximum Gasteiger partial charge on any atom is 0.290 e. The van der Waals surface area contributed by atoms with E-state index in [1.807, 2.05) is 24.8 Å². The van der Waals surface area contributed by atoms with Crippen LogP contribution in [-0.2, 0) is 11.3 Å². The van der Waals surface area contributed by atoms with Crippen molar-refractivity contribution in [3.8, 4) is 11.5 Å². The minimum atomic E-state index is -0.458. The fourth-order valence-corrected chi connectivity index (χ4v) is 3.05. The number of hydrogen-bond donors (Lipinski definition) is 1. The lowest BCUT2D eigenvalue weighted by atomic mass is 10.0. The molecule has 0 unspecified atom stereocenters. The Labute approximate surface area is 140 Å². The van der Waals surface area contributed by atoms with Gasteiger partial charge in [0.1, 0.15) is 23.7 Å². The van der Waals surface area contributed by atoms with Gasteiger partial charge in [0.15, 0.2) is 5.76 Å². The Balaban J connectivity index is 1.88. The number of nitrogen functional groups attached to an aromatic ring is 1. The van der Waals surface area contributed by atoms with E-state index in [1.54, 1.807) is 6.07 Å². The smallest absolute Gasteiger partial charge is 0.290 e. The first-order chi connectivity index (χ1) is 11.5. The molecule has 1 aliphatic rings. The third kappa shape index (κ3) is 3.20. The van der Waals surface area contributed by atoms with Crippen LogP contribution in [0, 0.1) is 6.92 Å². The zero-order valence-electron chi connectivity index (χ0n) is 14.0. The van der Waals surface area contributed by atoms with Crippen LogP contribution in [0.5, 0.6) is 0 Å². The Morgan fingerprint density at radius 1 is 1.42 bits per heavy atom. The lowest BCUT2D eigenvalue weighted by Gasteiger charge is -2.33. The van der Waals surface area contributed by atoms with Crippen molar-refractivity contribution < 1.29 is 9.21 Å². The summed E-state index contributed by atoms with van der Waals surface area (Å²) in [5.74, 6) is 1.15. The molecule has 2 aromatic rings. The second kappa shape index (κ2) is 6.51. The monoisotopic (exact) mass is 330 g/mol. The molecule has 1 atom stereocenters. The summed E-state index contributed by atoms with van der Waals surface area (Å²) >= 11 is 0. The highest BCUT2D eigenvalue weighted by Crippen LogP contribution is 2.20. The number of hydrogen-bond acceptors (Lipinski definition) is 5. The minimum absolute atomic E-state index is 0.0496. The molecule has 3 heterocycles. The van der Waals surface area contributed by atoms with Crippen LogP contribution in [0.2, 0.25) is 0 Å². The lowest BCUT2D eigenvalue weighted by molar-refractivity contribution is -0.135. The molecule has 0 saturated carbocycles. The number of carbonyl (C=O) groups excluding carboxylic acids is 1. The summed E-state index contributed by atoms with van der Waals surface area (Å²) in [5.41, 5.74) is 5.84. The van der Waals surface area contributed by atoms with Crippen LogP contribution >= 0.6 is 0 Å². The van der Waals surface area contributed by atoms with Crippen molar-refractivity contribution in [2.75, 3.05) is 12.3 Å². The molecule has 1 amide bonds. The van der Waals surface area contributed by atoms with Crippen molar-refractivity contribution in [2.45, 2.75) is 45.7 Å². The van der Waals surface area contributed by atoms with Gasteiger partial charge in [-0.25, -0.2) is 4.68 Å². The molecule has 7 nitrogen and oxygen atoms in total. The third-order valence-electron chi connectivity index (χ3n) is 4.40. The van der Waals surface area contributed by atoms with Crippen molar-refractivity contribution in [2.24, 2.45) is 0 Å². The van der Waals surface area contributed by atoms with Gasteiger partial charge in [0.25, 0.3) is 5.56 Å². The van der Waals surface area contributed by atoms with Gasteiger partial charge in [0.05, 0.1) is 0 Å². The van der Waals surface area contributed by atoms with Crippen LogP contribution in [0.15, 0.2) is 27.4 Å². The number of nitrogens with zero attached hydrogens (tertiary/aromatic N) is 3. The summed E-state index contributed by atoms with van der Waals surface area (Å²) in [4.78, 5) is 26.6. The lowest BCUT2D eigenvalue weighted by Crippen LogP contribution is -2.45. The summed E-state index contributed by atoms with van der Waals surface area (Å²) in [5, 5.41) is 4.26. The summed E-state index contributed by atoms with van der Waals surface area (Å²) in [7, 11) is 0. The number of nitrogens with two attached hydrogens (primary N) is 1. The zero-order chi connectivity index (χ0) is 17.3. The van der Waals surface area contributed by atoms with Crippen molar-refractivity contribution >= 4 is 11.6 Å². The fourth-order valence-electron chi connectivity index (χ4n) is 3.05. The Morgan fingerprint density at radius 3 is 2.88 bits per heavy atom. The van der Waals surface area contributed by atoms with Gasteiger partial charge in [-0.2, -0.15) is 5.10 Å². The third-order valence-corrected chi connectivity index (χ3v) is 4.40. The first-order valence-electron chi connectivity index (χ1n) is 8.19. The van der Waals surface area contributed by atoms with Gasteiger partial charge >= 0.3 is 0 Å². The molecule has 2 aromatic heterocycles. The van der Waals surface area contributed by atoms with Crippen LogP contribution in [0.1, 0.15) is 31.9 Å². The van der Waals surface area contributed by atoms with Crippen LogP contribution in [-0.4, -0.2) is 33.2 Å². The topological polar surface area (TPSA) is 94.4 Å². The Kier molecular flexibility index (Phi) is 4.42. The van der Waals surface area contributed by atoms with E-state index >= 15 is 0 Å². The van der Waals surface area contributed by atoms with E-state index < -0.39 is 5.56 Å². The van der Waals surface area contributed by atoms with E-state index in [0.29, 0.717) is 11.5 Å². The predicted octanol–water partition coefficient (Wildman–Crippen LogP) is 1.79. The van der Waals surface area contributed by atoms with Gasteiger partial charge in [-0.15, -0.1) is 0 Å². The quantitative estimate of drug-likeness (QED) is 0.926. The molecule has 0 spiro atoms. The number of rotatable bonds is 3. The second-order valence-electron chi connectivity index (χ2n) is 6.29. The van der Waals surface area contributed by atoms with Crippen LogP contribution in [0.4, 0.5) is 5.69 Å². The second-order valence-corrected chi connectivity index (χ2v) is 6.29. The summed E-state index contributed by atoms with van der Waals surface area (Å²) < 4.78 is 6.66. The van der Waals surface area contributed by atoms with E-state index in [4.69, 9.17) is 10.2 Å². The number of anilines is 1. The minimum Gasteiger partial charge on any atom is -0.460 e. The number of likely N-dealkylation sites (tertiary alicyclic amines) is 1. The Hall–Kier alpha value is -2.57. The van der Waals surface area contributed by atoms with Gasteiger partial charge in [0, 0.05) is 12.6 Å². The Bertz CT molecular complexity index is 808. The molecule has 0 aliphatic carbocycles. The highest BCUT2D eigenvalue weighted by Gasteiger charge is 2.24. The molecule has 1 saturated heterocycles. The van der Waals surface area contributed by atoms with E-state index in [2.05, 4.69) is 5.10 Å². The highest BCUT2D eigenvalue weighted by atomic mass is 16.3. The van der Waals surface area contributed by atoms with Crippen LogP contribution in [0.3, 0.4) is 0 Å². The van der Waals surface area contributed by atoms with Gasteiger partial charge < -0.3 is 15.1 Å². The van der Waals surface area contributed by atoms with Crippen molar-refractivity contribution in [1.82, 2.24) is 14.7 Å². The van der Waals surface area contributed by atoms with Gasteiger partial charge in [-0.1, -0.05) is 0 Å². The SMILES string of the molecule is Cc1ccc(-c2cc(N)c(=O)n(CC(=O)N3CCCC[C@H]3C)n2)o1. The largest absolute Gasteiger partial charge is 0.460 e. The number of furan rings is 1. The van der Waals surface area contributed by atoms with Gasteiger partial charge in [0.2, 0.25) is 5.91 Å². The molecule has 7 heteroatoms. The molecule has 0 radical (unpaired) electrons. The first-order valence-corrected chi connectivity index (χ1v) is 8.19. The number of amides is 1. The van der Waals surface area contributed by atoms with E-state index in [1.165, 1.54) is 6.07 Å². The molecule has 1 aliphatic heterocycles. The van der Waals surface area contributed by atoms with Gasteiger partial charge in [-0.3, -0.25) is 9.59 Å². The molecule has 128 valence electrons. The molecular weight excluding hydrogens is 308 g/mol. The fraction of sp³-hybridized carbons (Fsp3) is 0.471. The molecule has 0 aromatic carbocycles. The normalized spacial score (nSPS) is 17.9. The standard InChI is InChI=1S/C17H22N4O3/c1-11-5-3-4-8-20(11)16(22)10-21-17(23)13(18)9-14(19-21)15-7-6-12(2)24-15/h6-7,9,11H,3-5,8,10,18H2,1-2H3/t11-/m1/s1. The van der Waals surface area contributed by atoms with E-state index in [-0.39, 0.29) is 24.2 Å². The number of piperidine rings is 1. The van der Waals surface area contributed by atoms with E-state index in [0.717, 1.165) is 36.2 Å². The van der Waals surface area contributed by atoms with Gasteiger partial charge in [-0.05, 0) is 51.3 Å². The average molecular weight is 330 g/mol.